The summed E-state index contributed by atoms with van der Waals surface area (Å²) in [6, 6.07) is 15.0. The summed E-state index contributed by atoms with van der Waals surface area (Å²) in [6.07, 6.45) is 0.587. The number of likely N-dealkylation sites (tertiary alicyclic amines) is 1. The predicted octanol–water partition coefficient (Wildman–Crippen LogP) is 5.48. The van der Waals surface area contributed by atoms with Gasteiger partial charge < -0.3 is 15.7 Å². The monoisotopic (exact) mass is 490 g/mol. The lowest BCUT2D eigenvalue weighted by molar-refractivity contribution is -0.158. The van der Waals surface area contributed by atoms with E-state index in [4.69, 9.17) is 28.9 Å². The number of nitrogens with zero attached hydrogens (tertiary/aromatic N) is 1. The first-order chi connectivity index (χ1) is 15.6. The first-order valence-corrected chi connectivity index (χ1v) is 12.2. The Labute approximate surface area is 205 Å². The topological polar surface area (TPSA) is 83.6 Å². The van der Waals surface area contributed by atoms with E-state index < -0.39 is 17.4 Å². The van der Waals surface area contributed by atoms with Crippen LogP contribution >= 0.6 is 23.2 Å². The van der Waals surface area contributed by atoms with Gasteiger partial charge in [-0.3, -0.25) is 9.59 Å². The lowest BCUT2D eigenvalue weighted by Gasteiger charge is -2.52. The second-order valence-electron chi connectivity index (χ2n) is 9.23. The van der Waals surface area contributed by atoms with E-state index in [0.717, 1.165) is 24.0 Å². The van der Waals surface area contributed by atoms with Gasteiger partial charge in [0.05, 0.1) is 11.5 Å². The van der Waals surface area contributed by atoms with Crippen LogP contribution in [0.3, 0.4) is 0 Å². The number of halogens is 2. The molecule has 0 bridgehead atoms. The third kappa shape index (κ3) is 5.37. The zero-order valence-electron chi connectivity index (χ0n) is 19.3. The van der Waals surface area contributed by atoms with E-state index in [-0.39, 0.29) is 30.3 Å². The molecule has 2 amide bonds. The van der Waals surface area contributed by atoms with Crippen molar-refractivity contribution >= 4 is 35.0 Å². The molecule has 0 aromatic heterocycles. The zero-order chi connectivity index (χ0) is 24.3. The molecule has 1 aliphatic rings. The Kier molecular flexibility index (Phi) is 8.09. The van der Waals surface area contributed by atoms with Crippen molar-refractivity contribution in [3.8, 4) is 0 Å². The van der Waals surface area contributed by atoms with E-state index >= 15 is 0 Å². The minimum atomic E-state index is -1.39. The molecule has 0 aliphatic carbocycles. The third-order valence-corrected chi connectivity index (χ3v) is 7.39. The molecule has 4 atom stereocenters. The first-order valence-electron chi connectivity index (χ1n) is 11.4. The molecule has 178 valence electrons. The Balaban J connectivity index is 2.20. The number of carbonyl (C=O) groups excluding carboxylic acids is 2. The Morgan fingerprint density at radius 3 is 2.30 bits per heavy atom. The van der Waals surface area contributed by atoms with Crippen molar-refractivity contribution < 1.29 is 14.7 Å². The van der Waals surface area contributed by atoms with Crippen LogP contribution < -0.4 is 5.73 Å². The smallest absolute Gasteiger partial charge is 0.246 e. The van der Waals surface area contributed by atoms with Gasteiger partial charge in [-0.15, -0.1) is 0 Å². The van der Waals surface area contributed by atoms with Crippen molar-refractivity contribution in [2.75, 3.05) is 0 Å². The Morgan fingerprint density at radius 1 is 1.12 bits per heavy atom. The van der Waals surface area contributed by atoms with Crippen molar-refractivity contribution in [2.45, 2.75) is 70.6 Å². The molecule has 0 radical (unpaired) electrons. The van der Waals surface area contributed by atoms with Crippen LogP contribution in [0.1, 0.15) is 69.5 Å². The van der Waals surface area contributed by atoms with Crippen LogP contribution in [-0.4, -0.2) is 34.0 Å². The number of amides is 2. The van der Waals surface area contributed by atoms with Crippen LogP contribution in [0.15, 0.2) is 48.5 Å². The van der Waals surface area contributed by atoms with Crippen molar-refractivity contribution in [2.24, 2.45) is 11.1 Å². The van der Waals surface area contributed by atoms with Gasteiger partial charge >= 0.3 is 0 Å². The number of benzene rings is 2. The molecule has 3 rings (SSSR count). The first kappa shape index (κ1) is 25.5. The van der Waals surface area contributed by atoms with Crippen molar-refractivity contribution in [3.63, 3.8) is 0 Å². The van der Waals surface area contributed by atoms with Gasteiger partial charge in [-0.05, 0) is 61.1 Å². The van der Waals surface area contributed by atoms with Gasteiger partial charge in [-0.2, -0.15) is 0 Å². The molecule has 3 N–H and O–H groups in total. The number of primary amides is 1. The van der Waals surface area contributed by atoms with Crippen molar-refractivity contribution in [3.05, 3.63) is 69.7 Å². The summed E-state index contributed by atoms with van der Waals surface area (Å²) in [5, 5.41) is 11.6. The molecule has 0 unspecified atom stereocenters. The summed E-state index contributed by atoms with van der Waals surface area (Å²) in [5.74, 6) is -1.000. The molecule has 0 spiro atoms. The molecule has 2 aromatic carbocycles. The van der Waals surface area contributed by atoms with Crippen LogP contribution in [0, 0.1) is 5.41 Å². The van der Waals surface area contributed by atoms with E-state index in [1.54, 1.807) is 0 Å². The molecule has 1 saturated heterocycles. The minimum absolute atomic E-state index is 0.00907. The van der Waals surface area contributed by atoms with Gasteiger partial charge in [0.2, 0.25) is 11.8 Å². The van der Waals surface area contributed by atoms with E-state index in [2.05, 4.69) is 13.8 Å². The van der Waals surface area contributed by atoms with Gasteiger partial charge in [-0.25, -0.2) is 0 Å². The number of rotatable bonds is 8. The SMILES string of the molecule is CCC(CC)N1C(=O)[C@@](C)(C[C@H](O)C(N)=O)C[C@H](c2cccc(Cl)c2)[C@H]1c1ccc(Cl)cc1. The fourth-order valence-electron chi connectivity index (χ4n) is 5.18. The average molecular weight is 491 g/mol. The third-order valence-electron chi connectivity index (χ3n) is 6.90. The van der Waals surface area contributed by atoms with Gasteiger partial charge in [-0.1, -0.05) is 68.2 Å². The highest BCUT2D eigenvalue weighted by Crippen LogP contribution is 2.52. The number of piperidine rings is 1. The van der Waals surface area contributed by atoms with Crippen LogP contribution in [0.5, 0.6) is 0 Å². The summed E-state index contributed by atoms with van der Waals surface area (Å²) < 4.78 is 0. The maximum absolute atomic E-state index is 14.1. The Morgan fingerprint density at radius 2 is 1.76 bits per heavy atom. The standard InChI is InChI=1S/C26H32Cl2N2O3/c1-4-20(5-2)30-23(16-9-11-18(27)12-10-16)21(17-7-6-8-19(28)13-17)14-26(3,25(30)33)15-22(31)24(29)32/h6-13,20-23,31H,4-5,14-15H2,1-3H3,(H2,29,32)/t21-,22+,23-,26-/m1/s1. The summed E-state index contributed by atoms with van der Waals surface area (Å²) in [4.78, 5) is 27.7. The number of nitrogens with two attached hydrogens (primary N) is 1. The maximum Gasteiger partial charge on any atom is 0.246 e. The molecule has 1 heterocycles. The number of carbonyl (C=O) groups is 2. The maximum atomic E-state index is 14.1. The molecule has 7 heteroatoms. The van der Waals surface area contributed by atoms with Gasteiger partial charge in [0.25, 0.3) is 0 Å². The van der Waals surface area contributed by atoms with Crippen LogP contribution in [-0.2, 0) is 9.59 Å². The molecule has 2 aromatic rings. The summed E-state index contributed by atoms with van der Waals surface area (Å²) in [7, 11) is 0. The normalized spacial score (nSPS) is 24.2. The summed E-state index contributed by atoms with van der Waals surface area (Å²) in [5.41, 5.74) is 6.39. The molecule has 0 saturated carbocycles. The molecule has 5 nitrogen and oxygen atoms in total. The largest absolute Gasteiger partial charge is 0.383 e. The van der Waals surface area contributed by atoms with Crippen molar-refractivity contribution in [1.82, 2.24) is 4.90 Å². The van der Waals surface area contributed by atoms with E-state index in [1.807, 2.05) is 60.4 Å². The van der Waals surface area contributed by atoms with Gasteiger partial charge in [0.1, 0.15) is 6.10 Å². The quantitative estimate of drug-likeness (QED) is 0.513. The van der Waals surface area contributed by atoms with Crippen molar-refractivity contribution in [1.29, 1.82) is 0 Å². The van der Waals surface area contributed by atoms with E-state index in [0.29, 0.717) is 16.5 Å². The molecule has 33 heavy (non-hydrogen) atoms. The average Bonchev–Trinajstić information content (AvgIpc) is 2.78. The lowest BCUT2D eigenvalue weighted by atomic mass is 9.66. The van der Waals surface area contributed by atoms with Crippen LogP contribution in [0.4, 0.5) is 0 Å². The minimum Gasteiger partial charge on any atom is -0.383 e. The Hall–Kier alpha value is -2.08. The Bertz CT molecular complexity index is 993. The van der Waals surface area contributed by atoms with Crippen LogP contribution in [0.2, 0.25) is 10.0 Å². The lowest BCUT2D eigenvalue weighted by Crippen LogP contribution is -2.56. The highest BCUT2D eigenvalue weighted by Gasteiger charge is 2.52. The van der Waals surface area contributed by atoms with Gasteiger partial charge in [0.15, 0.2) is 0 Å². The number of aliphatic hydroxyl groups is 1. The number of hydrogen-bond donors (Lipinski definition) is 2. The fraction of sp³-hybridized carbons (Fsp3) is 0.462. The van der Waals surface area contributed by atoms with E-state index in [9.17, 15) is 14.7 Å². The molecular formula is C26H32Cl2N2O3. The van der Waals surface area contributed by atoms with Crippen LogP contribution in [0.25, 0.3) is 0 Å². The zero-order valence-corrected chi connectivity index (χ0v) is 20.8. The second-order valence-corrected chi connectivity index (χ2v) is 10.1. The molecule has 1 fully saturated rings. The second kappa shape index (κ2) is 10.5. The summed E-state index contributed by atoms with van der Waals surface area (Å²) >= 11 is 12.5. The number of hydrogen-bond acceptors (Lipinski definition) is 3. The fourth-order valence-corrected chi connectivity index (χ4v) is 5.50. The number of aliphatic hydroxyl groups excluding tert-OH is 1. The highest BCUT2D eigenvalue weighted by atomic mass is 35.5. The molecule has 1 aliphatic heterocycles. The summed E-state index contributed by atoms with van der Waals surface area (Å²) in [6.45, 7) is 5.96. The van der Waals surface area contributed by atoms with E-state index in [1.165, 1.54) is 0 Å². The highest BCUT2D eigenvalue weighted by molar-refractivity contribution is 6.30. The predicted molar refractivity (Wildman–Crippen MR) is 132 cm³/mol. The molecular weight excluding hydrogens is 459 g/mol. The van der Waals surface area contributed by atoms with Gasteiger partial charge in [0, 0.05) is 22.0 Å².